The molecule has 4 N–H and O–H groups in total. The lowest BCUT2D eigenvalue weighted by Gasteiger charge is -2.10. The lowest BCUT2D eigenvalue weighted by atomic mass is 10.1. The topological polar surface area (TPSA) is 87.6 Å². The number of carbonyl (C=O) groups is 1. The maximum atomic E-state index is 12.3. The Labute approximate surface area is 189 Å². The molecule has 0 saturated heterocycles. The normalized spacial score (nSPS) is 10.9. The van der Waals surface area contributed by atoms with E-state index in [1.54, 1.807) is 24.3 Å². The van der Waals surface area contributed by atoms with E-state index < -0.39 is 0 Å². The number of nitrogens with two attached hydrogens (primary N) is 2. The molecule has 5 nitrogen and oxygen atoms in total. The molecule has 0 aliphatic heterocycles. The van der Waals surface area contributed by atoms with Crippen LogP contribution in [0.25, 0.3) is 6.08 Å². The van der Waals surface area contributed by atoms with Crippen LogP contribution >= 0.6 is 0 Å². The molecule has 32 heavy (non-hydrogen) atoms. The van der Waals surface area contributed by atoms with Crippen LogP contribution in [0.5, 0.6) is 11.5 Å². The summed E-state index contributed by atoms with van der Waals surface area (Å²) in [5, 5.41) is 0. The average Bonchev–Trinajstić information content (AvgIpc) is 2.81. The first-order valence-corrected chi connectivity index (χ1v) is 10.9. The predicted molar refractivity (Wildman–Crippen MR) is 131 cm³/mol. The van der Waals surface area contributed by atoms with Crippen molar-refractivity contribution in [1.82, 2.24) is 0 Å². The van der Waals surface area contributed by atoms with Crippen LogP contribution in [0.15, 0.2) is 78.9 Å². The van der Waals surface area contributed by atoms with Gasteiger partial charge in [-0.15, -0.1) is 0 Å². The molecule has 0 unspecified atom stereocenters. The van der Waals surface area contributed by atoms with Gasteiger partial charge in [0, 0.05) is 16.8 Å². The molecule has 0 spiro atoms. The van der Waals surface area contributed by atoms with Gasteiger partial charge in [-0.25, -0.2) is 0 Å². The summed E-state index contributed by atoms with van der Waals surface area (Å²) in [6.07, 6.45) is 7.39. The Morgan fingerprint density at radius 3 is 2.12 bits per heavy atom. The van der Waals surface area contributed by atoms with Crippen LogP contribution in [0.4, 0.5) is 11.4 Å². The van der Waals surface area contributed by atoms with Crippen molar-refractivity contribution >= 4 is 23.2 Å². The highest BCUT2D eigenvalue weighted by molar-refractivity contribution is 6.06. The van der Waals surface area contributed by atoms with Crippen LogP contribution in [0.1, 0.15) is 41.6 Å². The molecule has 3 aromatic rings. The summed E-state index contributed by atoms with van der Waals surface area (Å²) in [4.78, 5) is 12.3. The predicted octanol–water partition coefficient (Wildman–Crippen LogP) is 5.77. The second-order valence-corrected chi connectivity index (χ2v) is 7.51. The minimum absolute atomic E-state index is 0.0247. The van der Waals surface area contributed by atoms with E-state index in [-0.39, 0.29) is 5.78 Å². The number of unbranched alkanes of at least 4 members (excludes halogenated alkanes) is 3. The van der Waals surface area contributed by atoms with E-state index in [4.69, 9.17) is 20.9 Å². The first-order valence-electron chi connectivity index (χ1n) is 10.9. The lowest BCUT2D eigenvalue weighted by Crippen LogP contribution is -2.02. The number of rotatable bonds is 12. The first kappa shape index (κ1) is 22.9. The smallest absolute Gasteiger partial charge is 0.185 e. The Balaban J connectivity index is 1.36. The van der Waals surface area contributed by atoms with Crippen LogP contribution in [-0.4, -0.2) is 19.0 Å². The summed E-state index contributed by atoms with van der Waals surface area (Å²) in [6, 6.07) is 22.3. The van der Waals surface area contributed by atoms with Crippen molar-refractivity contribution < 1.29 is 14.3 Å². The van der Waals surface area contributed by atoms with Gasteiger partial charge in [-0.1, -0.05) is 48.5 Å². The zero-order valence-corrected chi connectivity index (χ0v) is 18.2. The number of para-hydroxylation sites is 1. The van der Waals surface area contributed by atoms with Crippen LogP contribution in [-0.2, 0) is 0 Å². The molecule has 0 aromatic heterocycles. The Kier molecular flexibility index (Phi) is 8.75. The standard InChI is InChI=1S/C27H30N2O3/c28-23-15-17-27(24(29)20-23)32-19-9-2-1-8-18-31-26-13-7-6-12-22(26)14-16-25(30)21-10-4-3-5-11-21/h3-7,10-17,20H,1-2,8-9,18-19,28-29H2. The number of ether oxygens (including phenoxy) is 2. The van der Waals surface area contributed by atoms with E-state index in [2.05, 4.69) is 0 Å². The number of hydrogen-bond acceptors (Lipinski definition) is 5. The molecule has 0 aliphatic rings. The van der Waals surface area contributed by atoms with E-state index in [0.29, 0.717) is 35.9 Å². The van der Waals surface area contributed by atoms with Gasteiger partial charge in [0.1, 0.15) is 11.5 Å². The molecule has 3 aromatic carbocycles. The van der Waals surface area contributed by atoms with E-state index in [1.165, 1.54) is 0 Å². The third-order valence-corrected chi connectivity index (χ3v) is 4.98. The number of ketones is 1. The number of hydrogen-bond donors (Lipinski definition) is 2. The van der Waals surface area contributed by atoms with Crippen molar-refractivity contribution in [1.29, 1.82) is 0 Å². The Morgan fingerprint density at radius 1 is 0.750 bits per heavy atom. The van der Waals surface area contributed by atoms with Gasteiger partial charge in [0.05, 0.1) is 18.9 Å². The molecule has 0 saturated carbocycles. The quantitative estimate of drug-likeness (QED) is 0.165. The third-order valence-electron chi connectivity index (χ3n) is 4.98. The van der Waals surface area contributed by atoms with Gasteiger partial charge in [-0.05, 0) is 62.1 Å². The molecule has 0 bridgehead atoms. The molecule has 166 valence electrons. The van der Waals surface area contributed by atoms with E-state index >= 15 is 0 Å². The SMILES string of the molecule is Nc1ccc(OCCCCCCOc2ccccc2C=CC(=O)c2ccccc2)c(N)c1. The molecule has 5 heteroatoms. The highest BCUT2D eigenvalue weighted by Crippen LogP contribution is 2.24. The minimum Gasteiger partial charge on any atom is -0.493 e. The second-order valence-electron chi connectivity index (χ2n) is 7.51. The fourth-order valence-corrected chi connectivity index (χ4v) is 3.23. The summed E-state index contributed by atoms with van der Waals surface area (Å²) >= 11 is 0. The Morgan fingerprint density at radius 2 is 1.41 bits per heavy atom. The fourth-order valence-electron chi connectivity index (χ4n) is 3.23. The molecule has 0 amide bonds. The monoisotopic (exact) mass is 430 g/mol. The number of anilines is 2. The molecule has 0 aliphatic carbocycles. The van der Waals surface area contributed by atoms with Crippen LogP contribution in [0.2, 0.25) is 0 Å². The van der Waals surface area contributed by atoms with Gasteiger partial charge in [0.2, 0.25) is 0 Å². The number of carbonyl (C=O) groups excluding carboxylic acids is 1. The number of allylic oxidation sites excluding steroid dienone is 1. The molecular formula is C27H30N2O3. The second kappa shape index (κ2) is 12.2. The Hall–Kier alpha value is -3.73. The number of nitrogen functional groups attached to an aromatic ring is 2. The molecular weight excluding hydrogens is 400 g/mol. The van der Waals surface area contributed by atoms with Crippen molar-refractivity contribution in [2.75, 3.05) is 24.7 Å². The van der Waals surface area contributed by atoms with E-state index in [9.17, 15) is 4.79 Å². The number of benzene rings is 3. The fraction of sp³-hybridized carbons (Fsp3) is 0.222. The van der Waals surface area contributed by atoms with Gasteiger partial charge in [-0.2, -0.15) is 0 Å². The first-order chi connectivity index (χ1) is 15.6. The summed E-state index contributed by atoms with van der Waals surface area (Å²) < 4.78 is 11.7. The summed E-state index contributed by atoms with van der Waals surface area (Å²) in [6.45, 7) is 1.25. The Bertz CT molecular complexity index is 1030. The molecule has 0 fully saturated rings. The highest BCUT2D eigenvalue weighted by atomic mass is 16.5. The third kappa shape index (κ3) is 7.20. The minimum atomic E-state index is -0.0247. The van der Waals surface area contributed by atoms with Crippen LogP contribution in [0.3, 0.4) is 0 Å². The van der Waals surface area contributed by atoms with Gasteiger partial charge in [0.25, 0.3) is 0 Å². The maximum absolute atomic E-state index is 12.3. The van der Waals surface area contributed by atoms with Crippen LogP contribution < -0.4 is 20.9 Å². The van der Waals surface area contributed by atoms with Crippen molar-refractivity contribution in [2.24, 2.45) is 0 Å². The average molecular weight is 431 g/mol. The zero-order chi connectivity index (χ0) is 22.6. The highest BCUT2D eigenvalue weighted by Gasteiger charge is 2.04. The van der Waals surface area contributed by atoms with Gasteiger partial charge in [0.15, 0.2) is 5.78 Å². The molecule has 3 rings (SSSR count). The summed E-state index contributed by atoms with van der Waals surface area (Å²) in [5.41, 5.74) is 14.3. The van der Waals surface area contributed by atoms with Crippen molar-refractivity contribution in [3.05, 3.63) is 90.0 Å². The molecule has 0 heterocycles. The molecule has 0 atom stereocenters. The lowest BCUT2D eigenvalue weighted by molar-refractivity contribution is 0.104. The van der Waals surface area contributed by atoms with Crippen molar-refractivity contribution in [2.45, 2.75) is 25.7 Å². The van der Waals surface area contributed by atoms with Gasteiger partial charge < -0.3 is 20.9 Å². The van der Waals surface area contributed by atoms with E-state index in [1.807, 2.05) is 60.7 Å². The summed E-state index contributed by atoms with van der Waals surface area (Å²) in [7, 11) is 0. The van der Waals surface area contributed by atoms with Gasteiger partial charge >= 0.3 is 0 Å². The van der Waals surface area contributed by atoms with Crippen molar-refractivity contribution in [3.8, 4) is 11.5 Å². The van der Waals surface area contributed by atoms with Gasteiger partial charge in [-0.3, -0.25) is 4.79 Å². The zero-order valence-electron chi connectivity index (χ0n) is 18.2. The van der Waals surface area contributed by atoms with Crippen LogP contribution in [0, 0.1) is 0 Å². The largest absolute Gasteiger partial charge is 0.493 e. The molecule has 0 radical (unpaired) electrons. The van der Waals surface area contributed by atoms with E-state index in [0.717, 1.165) is 37.0 Å². The summed E-state index contributed by atoms with van der Waals surface area (Å²) in [5.74, 6) is 1.44. The van der Waals surface area contributed by atoms with Crippen molar-refractivity contribution in [3.63, 3.8) is 0 Å². The maximum Gasteiger partial charge on any atom is 0.185 e.